The Balaban J connectivity index is 1.63. The van der Waals surface area contributed by atoms with Crippen molar-refractivity contribution in [3.63, 3.8) is 0 Å². The quantitative estimate of drug-likeness (QED) is 0.689. The van der Waals surface area contributed by atoms with E-state index in [1.165, 1.54) is 0 Å². The number of piperidine rings is 1. The Hall–Kier alpha value is -3.28. The van der Waals surface area contributed by atoms with Crippen LogP contribution in [0.2, 0.25) is 0 Å². The van der Waals surface area contributed by atoms with Crippen LogP contribution in [-0.2, 0) is 11.3 Å². The Bertz CT molecular complexity index is 942. The molecule has 0 aromatic heterocycles. The number of alkyl carbamates (subject to hydrolysis) is 1. The summed E-state index contributed by atoms with van der Waals surface area (Å²) in [7, 11) is 0. The number of hydrogen-bond acceptors (Lipinski definition) is 4. The van der Waals surface area contributed by atoms with Gasteiger partial charge >= 0.3 is 6.09 Å². The molecule has 1 fully saturated rings. The molecule has 0 bridgehead atoms. The van der Waals surface area contributed by atoms with Crippen molar-refractivity contribution in [2.24, 2.45) is 0 Å². The van der Waals surface area contributed by atoms with Gasteiger partial charge < -0.3 is 19.7 Å². The van der Waals surface area contributed by atoms with Gasteiger partial charge in [0, 0.05) is 19.1 Å². The van der Waals surface area contributed by atoms with E-state index >= 15 is 0 Å². The monoisotopic (exact) mass is 436 g/mol. The smallest absolute Gasteiger partial charge is 0.407 e. The van der Waals surface area contributed by atoms with E-state index < -0.39 is 11.7 Å². The second kappa shape index (κ2) is 10.4. The zero-order valence-corrected chi connectivity index (χ0v) is 19.1. The van der Waals surface area contributed by atoms with Crippen LogP contribution in [0, 0.1) is 0 Å². The maximum atomic E-state index is 13.3. The largest absolute Gasteiger partial charge is 0.488 e. The lowest BCUT2D eigenvalue weighted by Gasteiger charge is -2.33. The van der Waals surface area contributed by atoms with E-state index in [1.54, 1.807) is 12.1 Å². The average molecular weight is 437 g/mol. The summed E-state index contributed by atoms with van der Waals surface area (Å²) < 4.78 is 11.4. The molecule has 6 nitrogen and oxygen atoms in total. The van der Waals surface area contributed by atoms with Gasteiger partial charge in [-0.2, -0.15) is 0 Å². The van der Waals surface area contributed by atoms with Crippen molar-refractivity contribution in [1.29, 1.82) is 0 Å². The van der Waals surface area contributed by atoms with Crippen molar-refractivity contribution < 1.29 is 19.1 Å². The molecule has 1 N–H and O–H groups in total. The van der Waals surface area contributed by atoms with Gasteiger partial charge in [-0.15, -0.1) is 0 Å². The molecule has 3 rings (SSSR count). The average Bonchev–Trinajstić information content (AvgIpc) is 2.77. The number of carbonyl (C=O) groups excluding carboxylic acids is 2. The van der Waals surface area contributed by atoms with E-state index in [0.29, 0.717) is 43.9 Å². The molecule has 0 saturated carbocycles. The summed E-state index contributed by atoms with van der Waals surface area (Å²) in [6.45, 7) is 10.8. The normalized spacial score (nSPS) is 14.5. The molecule has 2 amide bonds. The Morgan fingerprint density at radius 3 is 2.44 bits per heavy atom. The maximum Gasteiger partial charge on any atom is 0.407 e. The number of likely N-dealkylation sites (tertiary alicyclic amines) is 1. The van der Waals surface area contributed by atoms with Gasteiger partial charge in [0.15, 0.2) is 0 Å². The summed E-state index contributed by atoms with van der Waals surface area (Å²) in [6.07, 6.45) is 2.67. The lowest BCUT2D eigenvalue weighted by Crippen LogP contribution is -2.47. The molecule has 170 valence electrons. The second-order valence-corrected chi connectivity index (χ2v) is 8.95. The summed E-state index contributed by atoms with van der Waals surface area (Å²) in [5.74, 6) is 0.477. The number of rotatable bonds is 6. The van der Waals surface area contributed by atoms with Gasteiger partial charge in [-0.25, -0.2) is 4.79 Å². The van der Waals surface area contributed by atoms with Crippen molar-refractivity contribution in [2.45, 2.75) is 51.9 Å². The molecule has 6 heteroatoms. The van der Waals surface area contributed by atoms with Crippen LogP contribution in [0.25, 0.3) is 6.08 Å². The van der Waals surface area contributed by atoms with E-state index in [2.05, 4.69) is 11.9 Å². The Morgan fingerprint density at radius 2 is 1.81 bits per heavy atom. The molecule has 1 aliphatic rings. The van der Waals surface area contributed by atoms with Crippen LogP contribution in [0.1, 0.15) is 55.1 Å². The van der Waals surface area contributed by atoms with Crippen molar-refractivity contribution in [3.05, 3.63) is 71.8 Å². The molecule has 1 saturated heterocycles. The van der Waals surface area contributed by atoms with Gasteiger partial charge in [-0.1, -0.05) is 49.1 Å². The SMILES string of the molecule is C=Cc1ccc(C(=O)N2CCC(NC(=O)OC(C)(C)C)CC2)c(OCc2ccccc2)c1. The zero-order valence-electron chi connectivity index (χ0n) is 19.1. The third-order valence-electron chi connectivity index (χ3n) is 5.21. The minimum atomic E-state index is -0.533. The van der Waals surface area contributed by atoms with Gasteiger partial charge in [0.05, 0.1) is 5.56 Å². The fraction of sp³-hybridized carbons (Fsp3) is 0.385. The Labute approximate surface area is 190 Å². The van der Waals surface area contributed by atoms with E-state index in [9.17, 15) is 9.59 Å². The first-order chi connectivity index (χ1) is 15.2. The van der Waals surface area contributed by atoms with Gasteiger partial charge in [0.25, 0.3) is 5.91 Å². The van der Waals surface area contributed by atoms with Crippen LogP contribution in [0.5, 0.6) is 5.75 Å². The summed E-state index contributed by atoms with van der Waals surface area (Å²) >= 11 is 0. The zero-order chi connectivity index (χ0) is 23.1. The predicted molar refractivity (Wildman–Crippen MR) is 126 cm³/mol. The number of ether oxygens (including phenoxy) is 2. The minimum absolute atomic E-state index is 0.00848. The maximum absolute atomic E-state index is 13.3. The summed E-state index contributed by atoms with van der Waals surface area (Å²) in [6, 6.07) is 15.4. The number of nitrogens with one attached hydrogen (secondary N) is 1. The molecular weight excluding hydrogens is 404 g/mol. The van der Waals surface area contributed by atoms with Crippen LogP contribution in [0.15, 0.2) is 55.1 Å². The highest BCUT2D eigenvalue weighted by atomic mass is 16.6. The van der Waals surface area contributed by atoms with Gasteiger partial charge in [0.1, 0.15) is 18.0 Å². The molecule has 0 spiro atoms. The summed E-state index contributed by atoms with van der Waals surface area (Å²) in [5.41, 5.74) is 1.92. The van der Waals surface area contributed by atoms with Crippen LogP contribution < -0.4 is 10.1 Å². The fourth-order valence-corrected chi connectivity index (χ4v) is 3.57. The molecule has 2 aromatic carbocycles. The lowest BCUT2D eigenvalue weighted by atomic mass is 10.0. The molecule has 0 atom stereocenters. The third kappa shape index (κ3) is 6.61. The predicted octanol–water partition coefficient (Wildman–Crippen LogP) is 5.04. The number of amides is 2. The number of nitrogens with zero attached hydrogens (tertiary/aromatic N) is 1. The molecule has 1 heterocycles. The van der Waals surface area contributed by atoms with Gasteiger partial charge in [-0.05, 0) is 56.9 Å². The van der Waals surface area contributed by atoms with E-state index in [-0.39, 0.29) is 11.9 Å². The number of carbonyl (C=O) groups is 2. The topological polar surface area (TPSA) is 67.9 Å². The van der Waals surface area contributed by atoms with Crippen LogP contribution in [0.3, 0.4) is 0 Å². The standard InChI is InChI=1S/C26H32N2O4/c1-5-19-11-12-22(23(17-19)31-18-20-9-7-6-8-10-20)24(29)28-15-13-21(14-16-28)27-25(30)32-26(2,3)4/h5-12,17,21H,1,13-16,18H2,2-4H3,(H,27,30). The minimum Gasteiger partial charge on any atom is -0.488 e. The molecule has 0 radical (unpaired) electrons. The van der Waals surface area contributed by atoms with Crippen LogP contribution >= 0.6 is 0 Å². The fourth-order valence-electron chi connectivity index (χ4n) is 3.57. The van der Waals surface area contributed by atoms with Crippen molar-refractivity contribution >= 4 is 18.1 Å². The van der Waals surface area contributed by atoms with Crippen molar-refractivity contribution in [1.82, 2.24) is 10.2 Å². The molecule has 1 aliphatic heterocycles. The molecule has 0 unspecified atom stereocenters. The molecular formula is C26H32N2O4. The lowest BCUT2D eigenvalue weighted by molar-refractivity contribution is 0.0473. The third-order valence-corrected chi connectivity index (χ3v) is 5.21. The summed E-state index contributed by atoms with van der Waals surface area (Å²) in [5, 5.41) is 2.90. The Kier molecular flexibility index (Phi) is 7.57. The highest BCUT2D eigenvalue weighted by Crippen LogP contribution is 2.25. The van der Waals surface area contributed by atoms with Gasteiger partial charge in [0.2, 0.25) is 0 Å². The van der Waals surface area contributed by atoms with Crippen molar-refractivity contribution in [2.75, 3.05) is 13.1 Å². The van der Waals surface area contributed by atoms with Crippen LogP contribution in [0.4, 0.5) is 4.79 Å². The van der Waals surface area contributed by atoms with E-state index in [1.807, 2.05) is 68.1 Å². The highest BCUT2D eigenvalue weighted by Gasteiger charge is 2.27. The second-order valence-electron chi connectivity index (χ2n) is 8.95. The van der Waals surface area contributed by atoms with E-state index in [0.717, 1.165) is 11.1 Å². The first-order valence-corrected chi connectivity index (χ1v) is 11.0. The number of benzene rings is 2. The first-order valence-electron chi connectivity index (χ1n) is 11.0. The van der Waals surface area contributed by atoms with Crippen molar-refractivity contribution in [3.8, 4) is 5.75 Å². The van der Waals surface area contributed by atoms with E-state index in [4.69, 9.17) is 9.47 Å². The number of hydrogen-bond donors (Lipinski definition) is 1. The highest BCUT2D eigenvalue weighted by molar-refractivity contribution is 5.97. The molecule has 32 heavy (non-hydrogen) atoms. The Morgan fingerprint density at radius 1 is 1.12 bits per heavy atom. The molecule has 2 aromatic rings. The molecule has 0 aliphatic carbocycles. The van der Waals surface area contributed by atoms with Crippen LogP contribution in [-0.4, -0.2) is 41.6 Å². The van der Waals surface area contributed by atoms with Gasteiger partial charge in [-0.3, -0.25) is 4.79 Å². The summed E-state index contributed by atoms with van der Waals surface area (Å²) in [4.78, 5) is 27.1. The first kappa shape index (κ1) is 23.4.